The van der Waals surface area contributed by atoms with Gasteiger partial charge in [0.25, 0.3) is 0 Å². The zero-order valence-corrected chi connectivity index (χ0v) is 11.8. The van der Waals surface area contributed by atoms with Crippen LogP contribution in [0.25, 0.3) is 0 Å². The molecule has 0 aromatic carbocycles. The van der Waals surface area contributed by atoms with Crippen LogP contribution in [0.2, 0.25) is 0 Å². The van der Waals surface area contributed by atoms with E-state index in [2.05, 4.69) is 20.5 Å². The van der Waals surface area contributed by atoms with E-state index in [1.54, 1.807) is 0 Å². The van der Waals surface area contributed by atoms with Gasteiger partial charge >= 0.3 is 12.0 Å². The number of aromatic nitrogens is 3. The molecule has 1 rings (SSSR count). The summed E-state index contributed by atoms with van der Waals surface area (Å²) in [6, 6.07) is -0.459. The summed E-state index contributed by atoms with van der Waals surface area (Å²) in [5.74, 6) is -0.245. The van der Waals surface area contributed by atoms with Crippen LogP contribution in [0.15, 0.2) is 6.33 Å². The average molecular weight is 283 g/mol. The van der Waals surface area contributed by atoms with Gasteiger partial charge in [-0.1, -0.05) is 6.92 Å². The quantitative estimate of drug-likeness (QED) is 0.606. The Kier molecular flexibility index (Phi) is 6.48. The maximum Gasteiger partial charge on any atom is 0.323 e. The van der Waals surface area contributed by atoms with E-state index in [0.717, 1.165) is 5.82 Å². The lowest BCUT2D eigenvalue weighted by atomic mass is 10.2. The molecule has 8 nitrogen and oxygen atoms in total. The molecule has 112 valence electrons. The van der Waals surface area contributed by atoms with Crippen LogP contribution in [-0.4, -0.2) is 56.3 Å². The molecule has 8 heteroatoms. The monoisotopic (exact) mass is 283 g/mol. The van der Waals surface area contributed by atoms with Gasteiger partial charge in [-0.05, 0) is 19.8 Å². The molecule has 0 bridgehead atoms. The van der Waals surface area contributed by atoms with Crippen molar-refractivity contribution in [2.24, 2.45) is 0 Å². The molecule has 0 aliphatic carbocycles. The molecule has 1 aromatic heterocycles. The Morgan fingerprint density at radius 2 is 2.30 bits per heavy atom. The Balaban J connectivity index is 2.35. The first kappa shape index (κ1) is 15.9. The lowest BCUT2D eigenvalue weighted by molar-refractivity contribution is -0.138. The molecule has 1 heterocycles. The van der Waals surface area contributed by atoms with Crippen LogP contribution in [0.4, 0.5) is 4.79 Å². The predicted octanol–water partition coefficient (Wildman–Crippen LogP) is 0.632. The number of hydrogen-bond acceptors (Lipinski definition) is 4. The predicted molar refractivity (Wildman–Crippen MR) is 72.2 cm³/mol. The summed E-state index contributed by atoms with van der Waals surface area (Å²) in [6.45, 7) is 3.92. The van der Waals surface area contributed by atoms with Crippen LogP contribution in [0.5, 0.6) is 0 Å². The van der Waals surface area contributed by atoms with Gasteiger partial charge in [-0.15, -0.1) is 0 Å². The lowest BCUT2D eigenvalue weighted by Crippen LogP contribution is -2.47. The van der Waals surface area contributed by atoms with Crippen molar-refractivity contribution in [1.82, 2.24) is 25.4 Å². The fourth-order valence-corrected chi connectivity index (χ4v) is 1.70. The van der Waals surface area contributed by atoms with Crippen molar-refractivity contribution in [2.75, 3.05) is 13.1 Å². The number of carbonyl (C=O) groups excluding carboxylic acids is 1. The van der Waals surface area contributed by atoms with Crippen molar-refractivity contribution in [3.63, 3.8) is 0 Å². The number of urea groups is 1. The minimum atomic E-state index is -1.01. The van der Waals surface area contributed by atoms with E-state index < -0.39 is 5.97 Å². The summed E-state index contributed by atoms with van der Waals surface area (Å²) in [4.78, 5) is 28.0. The molecule has 2 amide bonds. The van der Waals surface area contributed by atoms with E-state index in [9.17, 15) is 9.59 Å². The fraction of sp³-hybridized carbons (Fsp3) is 0.667. The third-order valence-electron chi connectivity index (χ3n) is 3.02. The summed E-state index contributed by atoms with van der Waals surface area (Å²) < 4.78 is 0. The van der Waals surface area contributed by atoms with Gasteiger partial charge in [-0.25, -0.2) is 9.78 Å². The Labute approximate surface area is 117 Å². The van der Waals surface area contributed by atoms with Crippen molar-refractivity contribution in [3.05, 3.63) is 12.2 Å². The molecule has 0 radical (unpaired) electrons. The Morgan fingerprint density at radius 3 is 2.85 bits per heavy atom. The first-order chi connectivity index (χ1) is 9.54. The van der Waals surface area contributed by atoms with Crippen molar-refractivity contribution in [3.8, 4) is 0 Å². The number of carboxylic acids is 1. The van der Waals surface area contributed by atoms with Gasteiger partial charge in [0.05, 0.1) is 0 Å². The average Bonchev–Trinajstić information content (AvgIpc) is 2.92. The maximum atomic E-state index is 12.0. The van der Waals surface area contributed by atoms with Gasteiger partial charge in [0, 0.05) is 19.0 Å². The van der Waals surface area contributed by atoms with Gasteiger partial charge < -0.3 is 15.3 Å². The second-order valence-corrected chi connectivity index (χ2v) is 4.55. The maximum absolute atomic E-state index is 12.0. The lowest BCUT2D eigenvalue weighted by Gasteiger charge is -2.27. The summed E-state index contributed by atoms with van der Waals surface area (Å²) in [5, 5.41) is 18.0. The number of aromatic amines is 1. The van der Waals surface area contributed by atoms with Crippen molar-refractivity contribution < 1.29 is 14.7 Å². The second-order valence-electron chi connectivity index (χ2n) is 4.55. The van der Waals surface area contributed by atoms with Crippen molar-refractivity contribution in [2.45, 2.75) is 39.2 Å². The number of nitrogens with one attached hydrogen (secondary N) is 2. The molecule has 20 heavy (non-hydrogen) atoms. The molecule has 1 atom stereocenters. The standard InChI is InChI=1S/C12H21N5O3/c1-3-9(2)17(7-11(18)19)12(20)13-6-4-5-10-14-8-15-16-10/h8-9H,3-7H2,1-2H3,(H,13,20)(H,18,19)(H,14,15,16). The largest absolute Gasteiger partial charge is 0.480 e. The Hall–Kier alpha value is -2.12. The number of aryl methyl sites for hydroxylation is 1. The molecular formula is C12H21N5O3. The molecule has 0 saturated carbocycles. The third-order valence-corrected chi connectivity index (χ3v) is 3.02. The van der Waals surface area contributed by atoms with Crippen LogP contribution in [-0.2, 0) is 11.2 Å². The minimum absolute atomic E-state index is 0.111. The summed E-state index contributed by atoms with van der Waals surface area (Å²) in [6.07, 6.45) is 3.54. The zero-order chi connectivity index (χ0) is 15.0. The van der Waals surface area contributed by atoms with E-state index in [-0.39, 0.29) is 18.6 Å². The number of aliphatic carboxylic acids is 1. The highest BCUT2D eigenvalue weighted by molar-refractivity contribution is 5.80. The molecule has 0 fully saturated rings. The highest BCUT2D eigenvalue weighted by Gasteiger charge is 2.20. The molecule has 0 saturated heterocycles. The highest BCUT2D eigenvalue weighted by atomic mass is 16.4. The van der Waals surface area contributed by atoms with E-state index >= 15 is 0 Å². The topological polar surface area (TPSA) is 111 Å². The minimum Gasteiger partial charge on any atom is -0.480 e. The van der Waals surface area contributed by atoms with E-state index in [1.807, 2.05) is 13.8 Å². The number of hydrogen-bond donors (Lipinski definition) is 3. The van der Waals surface area contributed by atoms with E-state index in [0.29, 0.717) is 25.8 Å². The van der Waals surface area contributed by atoms with E-state index in [4.69, 9.17) is 5.11 Å². The molecule has 1 unspecified atom stereocenters. The molecular weight excluding hydrogens is 262 g/mol. The molecule has 3 N–H and O–H groups in total. The number of rotatable bonds is 8. The summed E-state index contributed by atoms with van der Waals surface area (Å²) in [7, 11) is 0. The normalized spacial score (nSPS) is 11.9. The smallest absolute Gasteiger partial charge is 0.323 e. The number of nitrogens with zero attached hydrogens (tertiary/aromatic N) is 3. The Morgan fingerprint density at radius 1 is 1.55 bits per heavy atom. The van der Waals surface area contributed by atoms with E-state index in [1.165, 1.54) is 11.2 Å². The molecule has 1 aromatic rings. The number of H-pyrrole nitrogens is 1. The van der Waals surface area contributed by atoms with Crippen LogP contribution >= 0.6 is 0 Å². The summed E-state index contributed by atoms with van der Waals surface area (Å²) >= 11 is 0. The highest BCUT2D eigenvalue weighted by Crippen LogP contribution is 2.03. The first-order valence-corrected chi connectivity index (χ1v) is 6.65. The third kappa shape index (κ3) is 5.25. The zero-order valence-electron chi connectivity index (χ0n) is 11.8. The molecule has 0 aliphatic heterocycles. The van der Waals surface area contributed by atoms with Gasteiger partial charge in [0.15, 0.2) is 0 Å². The SMILES string of the molecule is CCC(C)N(CC(=O)O)C(=O)NCCCc1ncn[nH]1. The van der Waals surface area contributed by atoms with Gasteiger partial charge in [0.2, 0.25) is 0 Å². The molecule has 0 spiro atoms. The first-order valence-electron chi connectivity index (χ1n) is 6.65. The van der Waals surface area contributed by atoms with Gasteiger partial charge in [-0.2, -0.15) is 5.10 Å². The van der Waals surface area contributed by atoms with Gasteiger partial charge in [0.1, 0.15) is 18.7 Å². The van der Waals surface area contributed by atoms with Crippen molar-refractivity contribution in [1.29, 1.82) is 0 Å². The van der Waals surface area contributed by atoms with Crippen LogP contribution in [0, 0.1) is 0 Å². The van der Waals surface area contributed by atoms with Crippen molar-refractivity contribution >= 4 is 12.0 Å². The molecule has 0 aliphatic rings. The number of carbonyl (C=O) groups is 2. The fourth-order valence-electron chi connectivity index (χ4n) is 1.70. The second kappa shape index (κ2) is 8.13. The number of carboxylic acid groups (broad SMARTS) is 1. The summed E-state index contributed by atoms with van der Waals surface area (Å²) in [5.41, 5.74) is 0. The van der Waals surface area contributed by atoms with Crippen LogP contribution in [0.3, 0.4) is 0 Å². The van der Waals surface area contributed by atoms with Gasteiger partial charge in [-0.3, -0.25) is 9.89 Å². The van der Waals surface area contributed by atoms with Crippen LogP contribution in [0.1, 0.15) is 32.5 Å². The van der Waals surface area contributed by atoms with Crippen LogP contribution < -0.4 is 5.32 Å². The Bertz CT molecular complexity index is 421. The number of amides is 2.